The molecule has 3 aromatic rings. The maximum Gasteiger partial charge on any atom is 0.259 e. The lowest BCUT2D eigenvalue weighted by Gasteiger charge is -2.22. The van der Waals surface area contributed by atoms with Crippen molar-refractivity contribution in [2.75, 3.05) is 18.5 Å². The first-order chi connectivity index (χ1) is 12.1. The highest BCUT2D eigenvalue weighted by atomic mass is 16.2. The predicted molar refractivity (Wildman–Crippen MR) is 98.5 cm³/mol. The third kappa shape index (κ3) is 2.66. The molecule has 0 saturated carbocycles. The van der Waals surface area contributed by atoms with E-state index in [2.05, 4.69) is 0 Å². The average Bonchev–Trinajstić information content (AvgIpc) is 2.91. The van der Waals surface area contributed by atoms with Crippen LogP contribution >= 0.6 is 0 Å². The second kappa shape index (κ2) is 6.06. The molecule has 1 heterocycles. The number of hydrogen-bond donors (Lipinski definition) is 0. The highest BCUT2D eigenvalue weighted by Gasteiger charge is 2.31. The van der Waals surface area contributed by atoms with Crippen LogP contribution in [0.3, 0.4) is 0 Å². The summed E-state index contributed by atoms with van der Waals surface area (Å²) in [5.41, 5.74) is 2.56. The summed E-state index contributed by atoms with van der Waals surface area (Å²) in [7, 11) is 1.77. The summed E-state index contributed by atoms with van der Waals surface area (Å²) < 4.78 is 0. The molecule has 0 unspecified atom stereocenters. The molecule has 0 spiro atoms. The molecule has 0 saturated heterocycles. The van der Waals surface area contributed by atoms with Gasteiger partial charge in [-0.15, -0.1) is 0 Å². The van der Waals surface area contributed by atoms with Gasteiger partial charge in [-0.1, -0.05) is 54.6 Å². The Kier molecular flexibility index (Phi) is 3.73. The summed E-state index contributed by atoms with van der Waals surface area (Å²) in [5.74, 6) is -0.185. The zero-order valence-corrected chi connectivity index (χ0v) is 14.0. The van der Waals surface area contributed by atoms with Crippen molar-refractivity contribution in [3.8, 4) is 0 Å². The van der Waals surface area contributed by atoms with Crippen LogP contribution in [0.5, 0.6) is 0 Å². The van der Waals surface area contributed by atoms with Gasteiger partial charge < -0.3 is 4.90 Å². The molecule has 2 amide bonds. The van der Waals surface area contributed by atoms with Crippen LogP contribution in [-0.4, -0.2) is 30.3 Å². The van der Waals surface area contributed by atoms with E-state index in [-0.39, 0.29) is 18.4 Å². The first-order valence-corrected chi connectivity index (χ1v) is 8.26. The van der Waals surface area contributed by atoms with E-state index in [1.165, 1.54) is 0 Å². The fraction of sp³-hybridized carbons (Fsp3) is 0.143. The minimum absolute atomic E-state index is 0.0515. The number of carbonyl (C=O) groups is 2. The number of benzene rings is 3. The molecule has 25 heavy (non-hydrogen) atoms. The number of amides is 2. The number of carbonyl (C=O) groups excluding carboxylic acids is 2. The first-order valence-electron chi connectivity index (χ1n) is 8.26. The van der Waals surface area contributed by atoms with Crippen LogP contribution in [0.1, 0.15) is 15.9 Å². The minimum Gasteiger partial charge on any atom is -0.340 e. The molecule has 4 nitrogen and oxygen atoms in total. The Morgan fingerprint density at radius 2 is 1.68 bits per heavy atom. The van der Waals surface area contributed by atoms with Crippen LogP contribution in [0, 0.1) is 0 Å². The monoisotopic (exact) mass is 330 g/mol. The summed E-state index contributed by atoms with van der Waals surface area (Å²) in [6.07, 6.45) is 0. The quantitative estimate of drug-likeness (QED) is 0.735. The molecular formula is C21H18N2O2. The Balaban J connectivity index is 1.56. The van der Waals surface area contributed by atoms with Crippen molar-refractivity contribution < 1.29 is 9.59 Å². The molecule has 0 atom stereocenters. The topological polar surface area (TPSA) is 40.6 Å². The van der Waals surface area contributed by atoms with Crippen molar-refractivity contribution in [2.24, 2.45) is 0 Å². The normalized spacial score (nSPS) is 12.7. The maximum atomic E-state index is 12.7. The number of hydrogen-bond acceptors (Lipinski definition) is 2. The number of anilines is 1. The summed E-state index contributed by atoms with van der Waals surface area (Å²) in [6, 6.07) is 21.3. The summed E-state index contributed by atoms with van der Waals surface area (Å²) >= 11 is 0. The molecule has 124 valence electrons. The highest BCUT2D eigenvalue weighted by Crippen LogP contribution is 2.36. The van der Waals surface area contributed by atoms with Gasteiger partial charge in [0, 0.05) is 24.5 Å². The van der Waals surface area contributed by atoms with E-state index in [4.69, 9.17) is 0 Å². The van der Waals surface area contributed by atoms with Crippen LogP contribution in [-0.2, 0) is 11.3 Å². The Bertz CT molecular complexity index is 961. The SMILES string of the molecule is CN(Cc1ccccc1)C(=O)CN1C(=O)c2cccc3cccc1c23. The Hall–Kier alpha value is -3.14. The van der Waals surface area contributed by atoms with Crippen molar-refractivity contribution in [1.82, 2.24) is 4.90 Å². The van der Waals surface area contributed by atoms with Gasteiger partial charge in [0.1, 0.15) is 6.54 Å². The molecule has 0 aliphatic carbocycles. The zero-order chi connectivity index (χ0) is 17.4. The van der Waals surface area contributed by atoms with Crippen molar-refractivity contribution in [1.29, 1.82) is 0 Å². The summed E-state index contributed by atoms with van der Waals surface area (Å²) in [4.78, 5) is 28.6. The van der Waals surface area contributed by atoms with E-state index in [9.17, 15) is 9.59 Å². The van der Waals surface area contributed by atoms with E-state index in [0.717, 1.165) is 22.0 Å². The van der Waals surface area contributed by atoms with Crippen molar-refractivity contribution in [3.05, 3.63) is 77.9 Å². The van der Waals surface area contributed by atoms with Gasteiger partial charge in [-0.25, -0.2) is 0 Å². The molecule has 0 radical (unpaired) electrons. The molecule has 3 aromatic carbocycles. The number of nitrogens with zero attached hydrogens (tertiary/aromatic N) is 2. The van der Waals surface area contributed by atoms with Crippen LogP contribution in [0.4, 0.5) is 5.69 Å². The lowest BCUT2D eigenvalue weighted by Crippen LogP contribution is -2.39. The standard InChI is InChI=1S/C21H18N2O2/c1-22(13-15-7-3-2-4-8-15)19(24)14-23-18-12-6-10-16-9-5-11-17(20(16)18)21(23)25/h2-12H,13-14H2,1H3. The van der Waals surface area contributed by atoms with Gasteiger partial charge in [0.05, 0.1) is 5.69 Å². The zero-order valence-electron chi connectivity index (χ0n) is 14.0. The molecule has 4 heteroatoms. The molecule has 0 aromatic heterocycles. The molecule has 0 bridgehead atoms. The van der Waals surface area contributed by atoms with E-state index in [0.29, 0.717) is 12.1 Å². The molecule has 0 N–H and O–H groups in total. The lowest BCUT2D eigenvalue weighted by molar-refractivity contribution is -0.128. The van der Waals surface area contributed by atoms with Gasteiger partial charge in [-0.05, 0) is 23.1 Å². The molecule has 0 fully saturated rings. The van der Waals surface area contributed by atoms with Gasteiger partial charge in [0.25, 0.3) is 5.91 Å². The molecule has 4 rings (SSSR count). The third-order valence-electron chi connectivity index (χ3n) is 4.63. The smallest absolute Gasteiger partial charge is 0.259 e. The lowest BCUT2D eigenvalue weighted by atomic mass is 10.1. The van der Waals surface area contributed by atoms with Crippen LogP contribution in [0.15, 0.2) is 66.7 Å². The van der Waals surface area contributed by atoms with Crippen LogP contribution in [0.2, 0.25) is 0 Å². The Labute approximate surface area is 146 Å². The van der Waals surface area contributed by atoms with Gasteiger partial charge in [-0.2, -0.15) is 0 Å². The maximum absolute atomic E-state index is 12.7. The van der Waals surface area contributed by atoms with E-state index < -0.39 is 0 Å². The van der Waals surface area contributed by atoms with E-state index >= 15 is 0 Å². The van der Waals surface area contributed by atoms with Gasteiger partial charge in [0.15, 0.2) is 0 Å². The van der Waals surface area contributed by atoms with Gasteiger partial charge in [-0.3, -0.25) is 14.5 Å². The largest absolute Gasteiger partial charge is 0.340 e. The van der Waals surface area contributed by atoms with Gasteiger partial charge >= 0.3 is 0 Å². The molecule has 1 aliphatic rings. The van der Waals surface area contributed by atoms with E-state index in [1.54, 1.807) is 16.8 Å². The average molecular weight is 330 g/mol. The predicted octanol–water partition coefficient (Wildman–Crippen LogP) is 3.46. The van der Waals surface area contributed by atoms with Gasteiger partial charge in [0.2, 0.25) is 5.91 Å². The minimum atomic E-state index is -0.103. The second-order valence-electron chi connectivity index (χ2n) is 6.31. The number of likely N-dealkylation sites (N-methyl/N-ethyl adjacent to an activating group) is 1. The van der Waals surface area contributed by atoms with Crippen LogP contribution < -0.4 is 4.90 Å². The van der Waals surface area contributed by atoms with Crippen molar-refractivity contribution in [3.63, 3.8) is 0 Å². The first kappa shape index (κ1) is 15.4. The fourth-order valence-electron chi connectivity index (χ4n) is 3.34. The third-order valence-corrected chi connectivity index (χ3v) is 4.63. The molecular weight excluding hydrogens is 312 g/mol. The highest BCUT2D eigenvalue weighted by molar-refractivity contribution is 6.26. The Morgan fingerprint density at radius 1 is 0.960 bits per heavy atom. The number of rotatable bonds is 4. The van der Waals surface area contributed by atoms with Crippen molar-refractivity contribution in [2.45, 2.75) is 6.54 Å². The fourth-order valence-corrected chi connectivity index (χ4v) is 3.34. The molecule has 1 aliphatic heterocycles. The summed E-state index contributed by atoms with van der Waals surface area (Å²) in [6.45, 7) is 0.578. The van der Waals surface area contributed by atoms with E-state index in [1.807, 2.05) is 66.7 Å². The summed E-state index contributed by atoms with van der Waals surface area (Å²) in [5, 5.41) is 1.96. The van der Waals surface area contributed by atoms with Crippen LogP contribution in [0.25, 0.3) is 10.8 Å². The Morgan fingerprint density at radius 3 is 2.44 bits per heavy atom. The van der Waals surface area contributed by atoms with Crippen molar-refractivity contribution >= 4 is 28.3 Å². The second-order valence-corrected chi connectivity index (χ2v) is 6.31.